The van der Waals surface area contributed by atoms with Crippen LogP contribution >= 0.6 is 0 Å². The van der Waals surface area contributed by atoms with Crippen LogP contribution in [0, 0.1) is 6.92 Å². The fourth-order valence-electron chi connectivity index (χ4n) is 0.891. The van der Waals surface area contributed by atoms with Gasteiger partial charge in [-0.05, 0) is 18.6 Å². The molecule has 0 aliphatic carbocycles. The molecule has 0 saturated heterocycles. The van der Waals surface area contributed by atoms with E-state index in [0.717, 1.165) is 5.56 Å². The van der Waals surface area contributed by atoms with E-state index in [4.69, 9.17) is 0 Å². The monoisotopic (exact) mass is 190 g/mol. The van der Waals surface area contributed by atoms with E-state index in [0.29, 0.717) is 5.95 Å². The Morgan fingerprint density at radius 1 is 1.14 bits per heavy atom. The molecule has 2 rings (SSSR count). The predicted octanol–water partition coefficient (Wildman–Crippen LogP) is 2.00. The van der Waals surface area contributed by atoms with Crippen LogP contribution in [0.15, 0.2) is 30.9 Å². The van der Waals surface area contributed by atoms with Crippen LogP contribution in [-0.2, 0) is 0 Å². The Balaban J connectivity index is 0.000000461. The summed E-state index contributed by atoms with van der Waals surface area (Å²) in [6.45, 7) is 5.95. The summed E-state index contributed by atoms with van der Waals surface area (Å²) in [7, 11) is 0. The van der Waals surface area contributed by atoms with Crippen LogP contribution in [0.1, 0.15) is 19.4 Å². The topological polar surface area (TPSA) is 43.6 Å². The number of nitrogens with zero attached hydrogens (tertiary/aromatic N) is 4. The number of rotatable bonds is 1. The molecule has 0 saturated carbocycles. The minimum atomic E-state index is 0.602. The average Bonchev–Trinajstić information content (AvgIpc) is 2.75. The zero-order valence-electron chi connectivity index (χ0n) is 8.68. The molecule has 2 aromatic heterocycles. The van der Waals surface area contributed by atoms with Gasteiger partial charge in [0, 0.05) is 24.8 Å². The fourth-order valence-corrected chi connectivity index (χ4v) is 0.891. The van der Waals surface area contributed by atoms with Crippen molar-refractivity contribution < 1.29 is 0 Å². The number of hydrogen-bond donors (Lipinski definition) is 0. The molecule has 4 heteroatoms. The van der Waals surface area contributed by atoms with E-state index < -0.39 is 0 Å². The largest absolute Gasteiger partial charge is 0.250 e. The first-order valence-corrected chi connectivity index (χ1v) is 4.65. The van der Waals surface area contributed by atoms with E-state index in [9.17, 15) is 0 Å². The highest BCUT2D eigenvalue weighted by Crippen LogP contribution is 1.97. The van der Waals surface area contributed by atoms with Gasteiger partial charge in [-0.2, -0.15) is 5.10 Å². The van der Waals surface area contributed by atoms with Gasteiger partial charge in [0.2, 0.25) is 5.95 Å². The molecule has 0 aromatic carbocycles. The van der Waals surface area contributed by atoms with Gasteiger partial charge < -0.3 is 0 Å². The fraction of sp³-hybridized carbons (Fsp3) is 0.300. The molecule has 0 aliphatic rings. The normalized spacial score (nSPS) is 9.07. The van der Waals surface area contributed by atoms with Gasteiger partial charge in [-0.1, -0.05) is 13.8 Å². The van der Waals surface area contributed by atoms with Crippen LogP contribution in [0.25, 0.3) is 5.95 Å². The van der Waals surface area contributed by atoms with Crippen LogP contribution in [0.3, 0.4) is 0 Å². The molecule has 0 radical (unpaired) electrons. The lowest BCUT2D eigenvalue weighted by Gasteiger charge is -1.97. The summed E-state index contributed by atoms with van der Waals surface area (Å²) in [4.78, 5) is 8.22. The molecule has 2 heterocycles. The van der Waals surface area contributed by atoms with Crippen LogP contribution in [-0.4, -0.2) is 19.7 Å². The van der Waals surface area contributed by atoms with Crippen LogP contribution in [0.2, 0.25) is 0 Å². The maximum atomic E-state index is 4.11. The first-order chi connectivity index (χ1) is 6.86. The first-order valence-electron chi connectivity index (χ1n) is 4.65. The molecular weight excluding hydrogens is 176 g/mol. The quantitative estimate of drug-likeness (QED) is 0.690. The van der Waals surface area contributed by atoms with E-state index in [1.54, 1.807) is 23.3 Å². The third kappa shape index (κ3) is 2.39. The second-order valence-electron chi connectivity index (χ2n) is 2.51. The van der Waals surface area contributed by atoms with Crippen molar-refractivity contribution in [2.24, 2.45) is 0 Å². The van der Waals surface area contributed by atoms with Gasteiger partial charge in [-0.3, -0.25) is 0 Å². The van der Waals surface area contributed by atoms with Gasteiger partial charge >= 0.3 is 0 Å². The summed E-state index contributed by atoms with van der Waals surface area (Å²) < 4.78 is 1.62. The Morgan fingerprint density at radius 2 is 1.79 bits per heavy atom. The molecule has 0 aliphatic heterocycles. The third-order valence-electron chi connectivity index (χ3n) is 1.48. The maximum Gasteiger partial charge on any atom is 0.250 e. The summed E-state index contributed by atoms with van der Waals surface area (Å²) in [5.41, 5.74) is 1.05. The molecule has 0 bridgehead atoms. The van der Waals surface area contributed by atoms with Gasteiger partial charge in [0.1, 0.15) is 0 Å². The van der Waals surface area contributed by atoms with Crippen LogP contribution < -0.4 is 0 Å². The Morgan fingerprint density at radius 3 is 2.29 bits per heavy atom. The summed E-state index contributed by atoms with van der Waals surface area (Å²) >= 11 is 0. The Hall–Kier alpha value is -1.71. The van der Waals surface area contributed by atoms with Gasteiger partial charge in [0.15, 0.2) is 0 Å². The number of aryl methyl sites for hydroxylation is 1. The molecule has 0 spiro atoms. The van der Waals surface area contributed by atoms with Crippen molar-refractivity contribution in [2.75, 3.05) is 0 Å². The van der Waals surface area contributed by atoms with E-state index in [1.807, 2.05) is 33.0 Å². The van der Waals surface area contributed by atoms with E-state index >= 15 is 0 Å². The van der Waals surface area contributed by atoms with E-state index in [1.165, 1.54) is 0 Å². The minimum absolute atomic E-state index is 0.602. The first kappa shape index (κ1) is 10.4. The molecule has 74 valence electrons. The van der Waals surface area contributed by atoms with Crippen molar-refractivity contribution in [1.29, 1.82) is 0 Å². The zero-order valence-corrected chi connectivity index (χ0v) is 8.68. The smallest absolute Gasteiger partial charge is 0.219 e. The second-order valence-corrected chi connectivity index (χ2v) is 2.51. The molecule has 0 fully saturated rings. The Kier molecular flexibility index (Phi) is 3.79. The van der Waals surface area contributed by atoms with Crippen LogP contribution in [0.5, 0.6) is 0 Å². The molecule has 2 aromatic rings. The lowest BCUT2D eigenvalue weighted by molar-refractivity contribution is 0.805. The van der Waals surface area contributed by atoms with Crippen LogP contribution in [0.4, 0.5) is 0 Å². The van der Waals surface area contributed by atoms with Gasteiger partial charge in [0.05, 0.1) is 0 Å². The molecule has 0 unspecified atom stereocenters. The highest BCUT2D eigenvalue weighted by Gasteiger charge is 1.96. The maximum absolute atomic E-state index is 4.11. The summed E-state index contributed by atoms with van der Waals surface area (Å²) in [5, 5.41) is 4.01. The predicted molar refractivity (Wildman–Crippen MR) is 55.2 cm³/mol. The molecule has 4 nitrogen and oxygen atoms in total. The Bertz CT molecular complexity index is 350. The molecule has 14 heavy (non-hydrogen) atoms. The SMILES string of the molecule is CC.Cc1cnc(-n2cccn2)nc1. The lowest BCUT2D eigenvalue weighted by atomic mass is 10.4. The van der Waals surface area contributed by atoms with Crippen molar-refractivity contribution in [2.45, 2.75) is 20.8 Å². The van der Waals surface area contributed by atoms with E-state index in [2.05, 4.69) is 15.1 Å². The summed E-state index contributed by atoms with van der Waals surface area (Å²) in [6, 6.07) is 1.84. The lowest BCUT2D eigenvalue weighted by Crippen LogP contribution is -2.00. The summed E-state index contributed by atoms with van der Waals surface area (Å²) in [6.07, 6.45) is 7.04. The van der Waals surface area contributed by atoms with Crippen molar-refractivity contribution in [3.63, 3.8) is 0 Å². The van der Waals surface area contributed by atoms with Crippen molar-refractivity contribution in [3.05, 3.63) is 36.4 Å². The van der Waals surface area contributed by atoms with Crippen molar-refractivity contribution in [1.82, 2.24) is 19.7 Å². The Labute approximate surface area is 83.6 Å². The van der Waals surface area contributed by atoms with E-state index in [-0.39, 0.29) is 0 Å². The zero-order chi connectivity index (χ0) is 10.4. The summed E-state index contributed by atoms with van der Waals surface area (Å²) in [5.74, 6) is 0.602. The third-order valence-corrected chi connectivity index (χ3v) is 1.48. The van der Waals surface area contributed by atoms with Gasteiger partial charge in [0.25, 0.3) is 0 Å². The van der Waals surface area contributed by atoms with Gasteiger partial charge in [-0.15, -0.1) is 0 Å². The minimum Gasteiger partial charge on any atom is -0.219 e. The average molecular weight is 190 g/mol. The standard InChI is InChI=1S/C8H8N4.C2H6/c1-7-5-9-8(10-6-7)12-4-2-3-11-12;1-2/h2-6H,1H3;1-2H3. The second kappa shape index (κ2) is 5.11. The molecule has 0 atom stereocenters. The molecule has 0 N–H and O–H groups in total. The van der Waals surface area contributed by atoms with Crippen molar-refractivity contribution >= 4 is 0 Å². The highest BCUT2D eigenvalue weighted by molar-refractivity contribution is 5.11. The number of hydrogen-bond acceptors (Lipinski definition) is 3. The highest BCUT2D eigenvalue weighted by atomic mass is 15.3. The molecule has 0 amide bonds. The molecular formula is C10H14N4. The van der Waals surface area contributed by atoms with Crippen molar-refractivity contribution in [3.8, 4) is 5.95 Å². The van der Waals surface area contributed by atoms with Gasteiger partial charge in [-0.25, -0.2) is 14.6 Å². The number of aromatic nitrogens is 4.